The molecule has 0 saturated heterocycles. The summed E-state index contributed by atoms with van der Waals surface area (Å²) in [6.07, 6.45) is 0. The second-order valence-electron chi connectivity index (χ2n) is 3.63. The lowest BCUT2D eigenvalue weighted by Crippen LogP contribution is -2.03. The van der Waals surface area contributed by atoms with Crippen LogP contribution >= 0.6 is 0 Å². The monoisotopic (exact) mass is 285 g/mol. The summed E-state index contributed by atoms with van der Waals surface area (Å²) in [7, 11) is 1.31. The van der Waals surface area contributed by atoms with Crippen LogP contribution in [-0.2, 0) is 0 Å². The van der Waals surface area contributed by atoms with E-state index in [9.17, 15) is 13.6 Å². The zero-order valence-corrected chi connectivity index (χ0v) is 10.2. The number of carboxylic acids is 1. The van der Waals surface area contributed by atoms with Crippen LogP contribution in [0.1, 0.15) is 10.6 Å². The van der Waals surface area contributed by atoms with Gasteiger partial charge < -0.3 is 19.1 Å². The molecule has 0 aliphatic rings. The summed E-state index contributed by atoms with van der Waals surface area (Å²) >= 11 is 0. The Hall–Kier alpha value is -2.64. The zero-order valence-electron chi connectivity index (χ0n) is 10.2. The van der Waals surface area contributed by atoms with Crippen LogP contribution in [0, 0.1) is 0 Å². The number of hydrogen-bond acceptors (Lipinski definition) is 5. The van der Waals surface area contributed by atoms with E-state index < -0.39 is 12.6 Å². The van der Waals surface area contributed by atoms with Gasteiger partial charge >= 0.3 is 12.6 Å². The molecule has 1 aromatic heterocycles. The highest BCUT2D eigenvalue weighted by Gasteiger charge is 2.16. The predicted octanol–water partition coefficient (Wildman–Crippen LogP) is 2.65. The number of carboxylic acid groups (broad SMARTS) is 1. The molecule has 1 heterocycles. The molecule has 8 heteroatoms. The molecule has 20 heavy (non-hydrogen) atoms. The van der Waals surface area contributed by atoms with E-state index in [0.717, 1.165) is 0 Å². The van der Waals surface area contributed by atoms with Gasteiger partial charge in [-0.25, -0.2) is 4.79 Å². The normalized spacial score (nSPS) is 10.6. The molecular formula is C12H9F2NO5. The summed E-state index contributed by atoms with van der Waals surface area (Å²) in [5.74, 6) is -1.69. The third-order valence-electron chi connectivity index (χ3n) is 2.40. The Bertz CT molecular complexity index is 626. The average Bonchev–Trinajstić information content (AvgIpc) is 2.87. The lowest BCUT2D eigenvalue weighted by molar-refractivity contribution is -0.0511. The molecule has 0 unspecified atom stereocenters. The molecule has 0 bridgehead atoms. The summed E-state index contributed by atoms with van der Waals surface area (Å²) in [6, 6.07) is 5.35. The Kier molecular flexibility index (Phi) is 3.83. The number of carbonyl (C=O) groups is 1. The highest BCUT2D eigenvalue weighted by Crippen LogP contribution is 2.33. The van der Waals surface area contributed by atoms with Gasteiger partial charge in [0.1, 0.15) is 5.69 Å². The van der Waals surface area contributed by atoms with Crippen LogP contribution in [0.25, 0.3) is 11.3 Å². The van der Waals surface area contributed by atoms with Crippen molar-refractivity contribution in [2.75, 3.05) is 7.11 Å². The molecule has 0 radical (unpaired) electrons. The van der Waals surface area contributed by atoms with E-state index in [1.54, 1.807) is 0 Å². The molecule has 0 atom stereocenters. The van der Waals surface area contributed by atoms with Crippen LogP contribution in [0.2, 0.25) is 0 Å². The van der Waals surface area contributed by atoms with Crippen molar-refractivity contribution in [3.8, 4) is 22.8 Å². The van der Waals surface area contributed by atoms with Crippen molar-refractivity contribution in [3.63, 3.8) is 0 Å². The van der Waals surface area contributed by atoms with Gasteiger partial charge in [-0.15, -0.1) is 0 Å². The maximum Gasteiger partial charge on any atom is 0.387 e. The van der Waals surface area contributed by atoms with Crippen LogP contribution in [-0.4, -0.2) is 30.0 Å². The molecule has 1 aromatic carbocycles. The van der Waals surface area contributed by atoms with E-state index in [4.69, 9.17) is 9.84 Å². The van der Waals surface area contributed by atoms with Crippen LogP contribution < -0.4 is 9.47 Å². The number of ether oxygens (including phenoxy) is 2. The molecule has 0 spiro atoms. The first-order valence-corrected chi connectivity index (χ1v) is 5.34. The quantitative estimate of drug-likeness (QED) is 0.909. The number of rotatable bonds is 5. The van der Waals surface area contributed by atoms with Gasteiger partial charge in [-0.1, -0.05) is 5.16 Å². The van der Waals surface area contributed by atoms with Crippen molar-refractivity contribution >= 4 is 5.97 Å². The van der Waals surface area contributed by atoms with Gasteiger partial charge in [0, 0.05) is 11.6 Å². The van der Waals surface area contributed by atoms with E-state index in [1.165, 1.54) is 31.4 Å². The van der Waals surface area contributed by atoms with E-state index in [2.05, 4.69) is 14.4 Å². The average molecular weight is 285 g/mol. The van der Waals surface area contributed by atoms with Gasteiger partial charge in [-0.3, -0.25) is 0 Å². The fourth-order valence-electron chi connectivity index (χ4n) is 1.54. The second-order valence-corrected chi connectivity index (χ2v) is 3.63. The van der Waals surface area contributed by atoms with Crippen molar-refractivity contribution in [2.45, 2.75) is 6.61 Å². The maximum absolute atomic E-state index is 12.3. The van der Waals surface area contributed by atoms with Gasteiger partial charge in [0.2, 0.25) is 5.76 Å². The molecule has 0 aliphatic carbocycles. The van der Waals surface area contributed by atoms with E-state index in [1.807, 2.05) is 0 Å². The Morgan fingerprint density at radius 3 is 2.65 bits per heavy atom. The number of hydrogen-bond donors (Lipinski definition) is 1. The van der Waals surface area contributed by atoms with Crippen molar-refractivity contribution in [3.05, 3.63) is 30.0 Å². The molecule has 6 nitrogen and oxygen atoms in total. The van der Waals surface area contributed by atoms with Crippen LogP contribution in [0.3, 0.4) is 0 Å². The number of benzene rings is 1. The second kappa shape index (κ2) is 5.55. The molecular weight excluding hydrogens is 276 g/mol. The Balaban J connectivity index is 2.38. The zero-order chi connectivity index (χ0) is 14.7. The molecule has 1 N–H and O–H groups in total. The van der Waals surface area contributed by atoms with Crippen molar-refractivity contribution in [2.24, 2.45) is 0 Å². The van der Waals surface area contributed by atoms with Crippen molar-refractivity contribution in [1.82, 2.24) is 5.16 Å². The number of nitrogens with zero attached hydrogens (tertiary/aromatic N) is 1. The number of aromatic carboxylic acids is 1. The van der Waals surface area contributed by atoms with E-state index in [-0.39, 0.29) is 23.0 Å². The first kappa shape index (κ1) is 13.8. The number of methoxy groups -OCH3 is 1. The third kappa shape index (κ3) is 2.85. The third-order valence-corrected chi connectivity index (χ3v) is 2.40. The van der Waals surface area contributed by atoms with Crippen molar-refractivity contribution in [1.29, 1.82) is 0 Å². The Labute approximate surface area is 111 Å². The SMILES string of the molecule is COc1ccc(-c2cc(C(=O)O)on2)cc1OC(F)F. The van der Waals surface area contributed by atoms with E-state index >= 15 is 0 Å². The molecule has 0 saturated carbocycles. The Morgan fingerprint density at radius 1 is 1.35 bits per heavy atom. The van der Waals surface area contributed by atoms with Gasteiger partial charge in [-0.2, -0.15) is 8.78 Å². The van der Waals surface area contributed by atoms with Crippen LogP contribution in [0.4, 0.5) is 8.78 Å². The molecule has 106 valence electrons. The topological polar surface area (TPSA) is 81.8 Å². The standard InChI is InChI=1S/C12H9F2NO5/c1-18-8-3-2-6(4-9(8)19-12(13)14)7-5-10(11(16)17)20-15-7/h2-5,12H,1H3,(H,16,17). The minimum atomic E-state index is -3.01. The fraction of sp³-hybridized carbons (Fsp3) is 0.167. The minimum absolute atomic E-state index is 0.121. The van der Waals surface area contributed by atoms with E-state index in [0.29, 0.717) is 5.56 Å². The summed E-state index contributed by atoms with van der Waals surface area (Å²) in [6.45, 7) is -3.01. The number of aromatic nitrogens is 1. The molecule has 2 rings (SSSR count). The summed E-state index contributed by atoms with van der Waals surface area (Å²) in [5.41, 5.74) is 0.543. The van der Waals surface area contributed by atoms with Crippen LogP contribution in [0.5, 0.6) is 11.5 Å². The van der Waals surface area contributed by atoms with Gasteiger partial charge in [0.15, 0.2) is 11.5 Å². The van der Waals surface area contributed by atoms with Gasteiger partial charge in [0.25, 0.3) is 0 Å². The first-order chi connectivity index (χ1) is 9.51. The van der Waals surface area contributed by atoms with Crippen LogP contribution in [0.15, 0.2) is 28.8 Å². The predicted molar refractivity (Wildman–Crippen MR) is 62.1 cm³/mol. The minimum Gasteiger partial charge on any atom is -0.493 e. The highest BCUT2D eigenvalue weighted by molar-refractivity contribution is 5.85. The fourth-order valence-corrected chi connectivity index (χ4v) is 1.54. The van der Waals surface area contributed by atoms with Gasteiger partial charge in [0.05, 0.1) is 7.11 Å². The van der Waals surface area contributed by atoms with Crippen molar-refractivity contribution < 1.29 is 32.7 Å². The highest BCUT2D eigenvalue weighted by atomic mass is 19.3. The summed E-state index contributed by atoms with van der Waals surface area (Å²) < 4.78 is 38.4. The number of alkyl halides is 2. The number of halogens is 2. The smallest absolute Gasteiger partial charge is 0.387 e. The van der Waals surface area contributed by atoms with Gasteiger partial charge in [-0.05, 0) is 18.2 Å². The lowest BCUT2D eigenvalue weighted by atomic mass is 10.1. The summed E-state index contributed by atoms with van der Waals surface area (Å²) in [5, 5.41) is 12.3. The molecule has 2 aromatic rings. The molecule has 0 amide bonds. The first-order valence-electron chi connectivity index (χ1n) is 5.34. The molecule has 0 aliphatic heterocycles. The lowest BCUT2D eigenvalue weighted by Gasteiger charge is -2.10. The summed E-state index contributed by atoms with van der Waals surface area (Å²) in [4.78, 5) is 10.7. The largest absolute Gasteiger partial charge is 0.493 e. The maximum atomic E-state index is 12.3. The Morgan fingerprint density at radius 2 is 2.10 bits per heavy atom. The molecule has 0 fully saturated rings.